The highest BCUT2D eigenvalue weighted by Gasteiger charge is 2.34. The third kappa shape index (κ3) is 3.64. The van der Waals surface area contributed by atoms with Crippen LogP contribution in [0.15, 0.2) is 23.2 Å². The molecule has 0 aliphatic rings. The molecule has 0 atom stereocenters. The first kappa shape index (κ1) is 12.8. The first-order chi connectivity index (χ1) is 6.80. The number of rotatable bonds is 1. The van der Waals surface area contributed by atoms with E-state index in [-0.39, 0.29) is 5.69 Å². The second-order valence-electron chi connectivity index (χ2n) is 2.86. The van der Waals surface area contributed by atoms with Crippen molar-refractivity contribution in [3.8, 4) is 0 Å². The second kappa shape index (κ2) is 4.69. The third-order valence-corrected chi connectivity index (χ3v) is 2.72. The average Bonchev–Trinajstić information content (AvgIpc) is 2.08. The van der Waals surface area contributed by atoms with Gasteiger partial charge < -0.3 is 0 Å². The van der Waals surface area contributed by atoms with E-state index >= 15 is 0 Å². The lowest BCUT2D eigenvalue weighted by molar-refractivity contribution is -0.0558. The fourth-order valence-corrected chi connectivity index (χ4v) is 1.75. The van der Waals surface area contributed by atoms with Gasteiger partial charge in [-0.3, -0.25) is 0 Å². The number of hydrogen-bond acceptors (Lipinski definition) is 1. The van der Waals surface area contributed by atoms with E-state index in [2.05, 4.69) is 4.99 Å². The van der Waals surface area contributed by atoms with Gasteiger partial charge in [0.05, 0.1) is 5.69 Å². The molecule has 0 amide bonds. The lowest BCUT2D eigenvalue weighted by Gasteiger charge is -2.04. The number of benzene rings is 1. The zero-order valence-corrected chi connectivity index (χ0v) is 10.5. The van der Waals surface area contributed by atoms with Crippen LogP contribution in [-0.2, 0) is 0 Å². The van der Waals surface area contributed by atoms with Crippen molar-refractivity contribution in [2.45, 2.75) is 13.1 Å². The fourth-order valence-electron chi connectivity index (χ4n) is 0.872. The zero-order valence-electron chi connectivity index (χ0n) is 7.57. The molecule has 1 aromatic rings. The summed E-state index contributed by atoms with van der Waals surface area (Å²) in [6, 6.07) is 4.92. The Labute approximate surface area is 103 Å². The molecule has 0 saturated carbocycles. The molecular weight excluding hydrogens is 341 g/mol. The van der Waals surface area contributed by atoms with E-state index in [9.17, 15) is 13.2 Å². The smallest absolute Gasteiger partial charge is 0.231 e. The van der Waals surface area contributed by atoms with Crippen molar-refractivity contribution in [2.24, 2.45) is 4.99 Å². The lowest BCUT2D eigenvalue weighted by Crippen LogP contribution is -2.16. The highest BCUT2D eigenvalue weighted by atomic mass is 127. The zero-order chi connectivity index (χ0) is 11.6. The molecule has 1 aromatic carbocycles. The number of halogens is 5. The van der Waals surface area contributed by atoms with Crippen LogP contribution >= 0.6 is 34.2 Å². The number of nitrogens with zero attached hydrogens (tertiary/aromatic N) is 1. The summed E-state index contributed by atoms with van der Waals surface area (Å²) in [7, 11) is 0. The van der Waals surface area contributed by atoms with Crippen LogP contribution in [0, 0.1) is 10.5 Å². The predicted molar refractivity (Wildman–Crippen MR) is 62.9 cm³/mol. The third-order valence-electron chi connectivity index (χ3n) is 1.56. The van der Waals surface area contributed by atoms with Crippen molar-refractivity contribution in [2.75, 3.05) is 0 Å². The van der Waals surface area contributed by atoms with Crippen molar-refractivity contribution in [3.63, 3.8) is 0 Å². The molecule has 0 spiro atoms. The number of hydrogen-bond donors (Lipinski definition) is 0. The van der Waals surface area contributed by atoms with Crippen LogP contribution in [0.2, 0.25) is 0 Å². The maximum absolute atomic E-state index is 12.1. The van der Waals surface area contributed by atoms with Gasteiger partial charge in [-0.05, 0) is 47.2 Å². The average molecular weight is 348 g/mol. The SMILES string of the molecule is Cc1ccc(N=C(Cl)C(F)(F)F)c(I)c1. The molecule has 0 bridgehead atoms. The summed E-state index contributed by atoms with van der Waals surface area (Å²) in [5.74, 6) is 0. The second-order valence-corrected chi connectivity index (χ2v) is 4.38. The van der Waals surface area contributed by atoms with Gasteiger partial charge in [-0.1, -0.05) is 17.7 Å². The molecule has 0 aliphatic heterocycles. The van der Waals surface area contributed by atoms with Crippen LogP contribution in [0.25, 0.3) is 0 Å². The molecule has 1 nitrogen and oxygen atoms in total. The minimum Gasteiger partial charge on any atom is -0.231 e. The molecule has 0 aromatic heterocycles. The Balaban J connectivity index is 3.09. The summed E-state index contributed by atoms with van der Waals surface area (Å²) < 4.78 is 36.9. The summed E-state index contributed by atoms with van der Waals surface area (Å²) >= 11 is 6.94. The maximum atomic E-state index is 12.1. The quantitative estimate of drug-likeness (QED) is 0.526. The van der Waals surface area contributed by atoms with E-state index < -0.39 is 11.3 Å². The van der Waals surface area contributed by atoms with Gasteiger partial charge in [-0.15, -0.1) is 0 Å². The van der Waals surface area contributed by atoms with Crippen LogP contribution in [0.1, 0.15) is 5.56 Å². The molecule has 15 heavy (non-hydrogen) atoms. The maximum Gasteiger partial charge on any atom is 0.444 e. The summed E-state index contributed by atoms with van der Waals surface area (Å²) in [6.07, 6.45) is -4.59. The van der Waals surface area contributed by atoms with Crippen LogP contribution in [0.5, 0.6) is 0 Å². The van der Waals surface area contributed by atoms with Gasteiger partial charge in [0.25, 0.3) is 0 Å². The van der Waals surface area contributed by atoms with E-state index in [1.165, 1.54) is 6.07 Å². The molecule has 0 radical (unpaired) electrons. The summed E-state index contributed by atoms with van der Waals surface area (Å²) in [6.45, 7) is 1.85. The van der Waals surface area contributed by atoms with Gasteiger partial charge in [0.2, 0.25) is 5.17 Å². The van der Waals surface area contributed by atoms with Gasteiger partial charge in [-0.25, -0.2) is 4.99 Å². The van der Waals surface area contributed by atoms with Crippen molar-refractivity contribution in [1.82, 2.24) is 0 Å². The highest BCUT2D eigenvalue weighted by molar-refractivity contribution is 14.1. The monoisotopic (exact) mass is 347 g/mol. The van der Waals surface area contributed by atoms with E-state index in [0.29, 0.717) is 3.57 Å². The molecule has 0 fully saturated rings. The van der Waals surface area contributed by atoms with Crippen LogP contribution in [0.3, 0.4) is 0 Å². The Morgan fingerprint density at radius 1 is 1.40 bits per heavy atom. The van der Waals surface area contributed by atoms with Gasteiger partial charge in [0, 0.05) is 3.57 Å². The molecular formula is C9H6ClF3IN. The fraction of sp³-hybridized carbons (Fsp3) is 0.222. The largest absolute Gasteiger partial charge is 0.444 e. The first-order valence-corrected chi connectivity index (χ1v) is 5.34. The molecule has 0 N–H and O–H groups in total. The first-order valence-electron chi connectivity index (χ1n) is 3.88. The molecule has 0 unspecified atom stereocenters. The molecule has 82 valence electrons. The normalized spacial score (nSPS) is 13.1. The van der Waals surface area contributed by atoms with Crippen molar-refractivity contribution in [3.05, 3.63) is 27.3 Å². The lowest BCUT2D eigenvalue weighted by atomic mass is 10.2. The number of aliphatic imine (C=N–C) groups is 1. The number of aryl methyl sites for hydroxylation is 1. The van der Waals surface area contributed by atoms with Crippen LogP contribution in [-0.4, -0.2) is 11.3 Å². The van der Waals surface area contributed by atoms with E-state index in [1.54, 1.807) is 12.1 Å². The minimum atomic E-state index is -4.59. The Morgan fingerprint density at radius 2 is 2.00 bits per heavy atom. The topological polar surface area (TPSA) is 12.4 Å². The van der Waals surface area contributed by atoms with Gasteiger partial charge in [0.15, 0.2) is 0 Å². The van der Waals surface area contributed by atoms with E-state index in [0.717, 1.165) is 5.56 Å². The standard InChI is InChI=1S/C9H6ClF3IN/c1-5-2-3-7(6(14)4-5)15-8(10)9(11,12)13/h2-4H,1H3. The molecule has 0 aliphatic carbocycles. The predicted octanol–water partition coefficient (Wildman–Crippen LogP) is 4.43. The Hall–Kier alpha value is -0.300. The summed E-state index contributed by atoms with van der Waals surface area (Å²) in [4.78, 5) is 3.32. The molecule has 0 saturated heterocycles. The highest BCUT2D eigenvalue weighted by Crippen LogP contribution is 2.27. The van der Waals surface area contributed by atoms with Crippen LogP contribution in [0.4, 0.5) is 18.9 Å². The van der Waals surface area contributed by atoms with Crippen LogP contribution < -0.4 is 0 Å². The summed E-state index contributed by atoms with van der Waals surface area (Å²) in [5, 5.41) is -1.36. The molecule has 1 rings (SSSR count). The molecule has 6 heteroatoms. The van der Waals surface area contributed by atoms with Crippen molar-refractivity contribution >= 4 is 45.1 Å². The van der Waals surface area contributed by atoms with Gasteiger partial charge >= 0.3 is 6.18 Å². The van der Waals surface area contributed by atoms with Gasteiger partial charge in [-0.2, -0.15) is 13.2 Å². The number of alkyl halides is 3. The van der Waals surface area contributed by atoms with E-state index in [1.807, 2.05) is 29.5 Å². The van der Waals surface area contributed by atoms with Gasteiger partial charge in [0.1, 0.15) is 0 Å². The minimum absolute atomic E-state index is 0.225. The Bertz CT molecular complexity index is 401. The summed E-state index contributed by atoms with van der Waals surface area (Å²) in [5.41, 5.74) is 1.19. The Kier molecular flexibility index (Phi) is 3.99. The Morgan fingerprint density at radius 3 is 2.47 bits per heavy atom. The van der Waals surface area contributed by atoms with Crippen molar-refractivity contribution in [1.29, 1.82) is 0 Å². The molecule has 0 heterocycles. The van der Waals surface area contributed by atoms with E-state index in [4.69, 9.17) is 11.6 Å². The van der Waals surface area contributed by atoms with Crippen molar-refractivity contribution < 1.29 is 13.2 Å².